The molecule has 188 valence electrons. The minimum absolute atomic E-state index is 0.0413. The van der Waals surface area contributed by atoms with Gasteiger partial charge in [-0.15, -0.1) is 0 Å². The molecule has 0 fully saturated rings. The van der Waals surface area contributed by atoms with Gasteiger partial charge in [0.2, 0.25) is 23.1 Å². The lowest BCUT2D eigenvalue weighted by Gasteiger charge is -2.40. The van der Waals surface area contributed by atoms with Crippen LogP contribution in [0.2, 0.25) is 0 Å². The third kappa shape index (κ3) is 6.33. The Kier molecular flexibility index (Phi) is 10.1. The van der Waals surface area contributed by atoms with E-state index in [0.717, 1.165) is 5.56 Å². The topological polar surface area (TPSA) is 157 Å². The van der Waals surface area contributed by atoms with E-state index < -0.39 is 47.1 Å². The summed E-state index contributed by atoms with van der Waals surface area (Å²) in [5.74, 6) is -4.75. The zero-order chi connectivity index (χ0) is 26.2. The van der Waals surface area contributed by atoms with Gasteiger partial charge >= 0.3 is 5.97 Å². The Balaban J connectivity index is 2.70. The summed E-state index contributed by atoms with van der Waals surface area (Å²) in [4.78, 5) is 58.5. The first-order valence-corrected chi connectivity index (χ1v) is 12.6. The van der Waals surface area contributed by atoms with Crippen LogP contribution in [0.1, 0.15) is 36.2 Å². The first kappa shape index (κ1) is 28.2. The quantitative estimate of drug-likeness (QED) is 0.292. The minimum atomic E-state index is -2.54. The average molecular weight is 501 g/mol. The van der Waals surface area contributed by atoms with Gasteiger partial charge in [-0.05, 0) is 48.5 Å². The summed E-state index contributed by atoms with van der Waals surface area (Å²) in [6, 6.07) is 9.24. The predicted octanol–water partition coefficient (Wildman–Crippen LogP) is 1.75. The Morgan fingerprint density at radius 1 is 1.06 bits per heavy atom. The van der Waals surface area contributed by atoms with Gasteiger partial charge in [-0.1, -0.05) is 44.2 Å². The molecule has 0 aliphatic carbocycles. The third-order valence-corrected chi connectivity index (χ3v) is 6.38. The van der Waals surface area contributed by atoms with E-state index in [0.29, 0.717) is 4.90 Å². The highest BCUT2D eigenvalue weighted by atomic mass is 32.2. The summed E-state index contributed by atoms with van der Waals surface area (Å²) >= 11 is 1.28. The van der Waals surface area contributed by atoms with Crippen LogP contribution in [0.3, 0.4) is 0 Å². The molecule has 10 heteroatoms. The minimum Gasteiger partial charge on any atom is -0.479 e. The highest BCUT2D eigenvalue weighted by molar-refractivity contribution is 7.98. The Hall–Kier alpha value is -3.08. The summed E-state index contributed by atoms with van der Waals surface area (Å²) in [6.45, 7) is 3.34. The van der Waals surface area contributed by atoms with Gasteiger partial charge in [-0.25, -0.2) is 4.79 Å². The van der Waals surface area contributed by atoms with E-state index in [1.54, 1.807) is 50.4 Å². The fourth-order valence-electron chi connectivity index (χ4n) is 3.65. The number of hydrogen-bond acceptors (Lipinski definition) is 8. The lowest BCUT2D eigenvalue weighted by molar-refractivity contribution is -0.165. The zero-order valence-corrected chi connectivity index (χ0v) is 20.9. The molecule has 0 spiro atoms. The molecule has 5 N–H and O–H groups in total. The van der Waals surface area contributed by atoms with Crippen LogP contribution in [0.25, 0.3) is 0 Å². The van der Waals surface area contributed by atoms with Crippen molar-refractivity contribution in [2.45, 2.75) is 44.3 Å². The second-order valence-corrected chi connectivity index (χ2v) is 9.54. The van der Waals surface area contributed by atoms with E-state index in [4.69, 9.17) is 11.5 Å². The number of carboxylic acid groups (broad SMARTS) is 1. The van der Waals surface area contributed by atoms with Gasteiger partial charge < -0.3 is 16.6 Å². The lowest BCUT2D eigenvalue weighted by atomic mass is 9.83. The van der Waals surface area contributed by atoms with Crippen molar-refractivity contribution < 1.29 is 24.3 Å². The van der Waals surface area contributed by atoms with E-state index in [-0.39, 0.29) is 24.2 Å². The van der Waals surface area contributed by atoms with Gasteiger partial charge in [-0.2, -0.15) is 11.8 Å². The van der Waals surface area contributed by atoms with Crippen molar-refractivity contribution in [1.29, 1.82) is 0 Å². The molecule has 0 aliphatic heterocycles. The van der Waals surface area contributed by atoms with Crippen molar-refractivity contribution in [3.63, 3.8) is 0 Å². The number of carbonyl (C=O) groups is 4. The molecule has 1 aromatic carbocycles. The van der Waals surface area contributed by atoms with Crippen LogP contribution in [0.4, 0.5) is 0 Å². The summed E-state index contributed by atoms with van der Waals surface area (Å²) in [7, 11) is 0. The molecule has 9 nitrogen and oxygen atoms in total. The Morgan fingerprint density at radius 3 is 2.23 bits per heavy atom. The van der Waals surface area contributed by atoms with Crippen LogP contribution in [-0.4, -0.2) is 68.2 Å². The number of ketones is 1. The summed E-state index contributed by atoms with van der Waals surface area (Å²) in [5, 5.41) is 10.5. The normalized spacial score (nSPS) is 14.6. The van der Waals surface area contributed by atoms with Crippen molar-refractivity contribution >= 4 is 35.3 Å². The number of imide groups is 1. The Bertz CT molecular complexity index is 1030. The fraction of sp³-hybridized carbons (Fsp3) is 0.400. The van der Waals surface area contributed by atoms with Crippen molar-refractivity contribution in [3.05, 3.63) is 66.0 Å². The monoisotopic (exact) mass is 500 g/mol. The number of carboxylic acids is 1. The first-order chi connectivity index (χ1) is 16.6. The highest BCUT2D eigenvalue weighted by Gasteiger charge is 2.57. The predicted molar refractivity (Wildman–Crippen MR) is 135 cm³/mol. The number of hydrogen-bond donors (Lipinski definition) is 3. The van der Waals surface area contributed by atoms with Crippen LogP contribution in [0, 0.1) is 5.92 Å². The van der Waals surface area contributed by atoms with Gasteiger partial charge in [0.1, 0.15) is 0 Å². The molecule has 0 saturated carbocycles. The number of rotatable bonds is 12. The number of thioether (sulfide) groups is 1. The zero-order valence-electron chi connectivity index (χ0n) is 20.1. The molecule has 0 radical (unpaired) electrons. The first-order valence-electron chi connectivity index (χ1n) is 11.2. The molecule has 2 rings (SSSR count). The molecule has 1 aromatic heterocycles. The molecular weight excluding hydrogens is 468 g/mol. The molecule has 0 aliphatic rings. The number of nitrogens with two attached hydrogens (primary N) is 2. The summed E-state index contributed by atoms with van der Waals surface area (Å²) < 4.78 is 0. The second kappa shape index (κ2) is 12.6. The number of amides is 2. The molecule has 2 amide bonds. The van der Waals surface area contributed by atoms with E-state index in [1.807, 2.05) is 0 Å². The second-order valence-electron chi connectivity index (χ2n) is 8.56. The maximum absolute atomic E-state index is 13.8. The van der Waals surface area contributed by atoms with Crippen LogP contribution in [-0.2, 0) is 20.8 Å². The maximum Gasteiger partial charge on any atom is 0.338 e. The van der Waals surface area contributed by atoms with Crippen molar-refractivity contribution in [1.82, 2.24) is 9.88 Å². The molecule has 2 aromatic rings. The molecule has 1 heterocycles. The number of Topliss-reactive ketones (excluding diaryl/α,β-unsaturated/α-hetero) is 1. The largest absolute Gasteiger partial charge is 0.479 e. The lowest BCUT2D eigenvalue weighted by Crippen LogP contribution is -2.69. The van der Waals surface area contributed by atoms with Crippen molar-refractivity contribution in [2.75, 3.05) is 12.0 Å². The van der Waals surface area contributed by atoms with Crippen LogP contribution in [0.15, 0.2) is 54.9 Å². The molecule has 0 saturated heterocycles. The van der Waals surface area contributed by atoms with Crippen molar-refractivity contribution in [2.24, 2.45) is 17.4 Å². The maximum atomic E-state index is 13.8. The van der Waals surface area contributed by atoms with Crippen LogP contribution in [0.5, 0.6) is 0 Å². The fourth-order valence-corrected chi connectivity index (χ4v) is 4.15. The van der Waals surface area contributed by atoms with E-state index in [2.05, 4.69) is 4.98 Å². The van der Waals surface area contributed by atoms with Gasteiger partial charge in [0, 0.05) is 18.0 Å². The summed E-state index contributed by atoms with van der Waals surface area (Å²) in [6.07, 6.45) is 4.09. The van der Waals surface area contributed by atoms with Crippen molar-refractivity contribution in [3.8, 4) is 0 Å². The van der Waals surface area contributed by atoms with Crippen LogP contribution < -0.4 is 11.5 Å². The molecule has 0 bridgehead atoms. The number of carbonyl (C=O) groups excluding carboxylic acids is 3. The summed E-state index contributed by atoms with van der Waals surface area (Å²) in [5.41, 5.74) is 10.5. The Labute approximate surface area is 209 Å². The SMILES string of the molecule is CSCCC(C(=O)O)(C(=O)c1cccnc1)N(C(=O)C(N)Cc1ccccc1)C(=O)C(N)C(C)C. The highest BCUT2D eigenvalue weighted by Crippen LogP contribution is 2.30. The smallest absolute Gasteiger partial charge is 0.338 e. The van der Waals surface area contributed by atoms with E-state index in [9.17, 15) is 24.3 Å². The number of pyridine rings is 1. The number of benzene rings is 1. The molecule has 35 heavy (non-hydrogen) atoms. The average Bonchev–Trinajstić information content (AvgIpc) is 2.85. The molecule has 3 unspecified atom stereocenters. The molecule has 3 atom stereocenters. The van der Waals surface area contributed by atoms with Crippen LogP contribution >= 0.6 is 11.8 Å². The number of aliphatic carboxylic acids is 1. The third-order valence-electron chi connectivity index (χ3n) is 5.76. The standard InChI is InChI=1S/C25H32N4O5S/c1-16(2)20(27)23(32)29(22(31)19(26)14-17-8-5-4-6-9-17)25(24(33)34,11-13-35-3)21(30)18-10-7-12-28-15-18/h4-10,12,15-16,19-20H,11,13-14,26-27H2,1-3H3,(H,33,34). The Morgan fingerprint density at radius 2 is 1.71 bits per heavy atom. The number of nitrogens with zero attached hydrogens (tertiary/aromatic N) is 2. The van der Waals surface area contributed by atoms with E-state index >= 15 is 0 Å². The van der Waals surface area contributed by atoms with Gasteiger partial charge in [-0.3, -0.25) is 24.3 Å². The van der Waals surface area contributed by atoms with Gasteiger partial charge in [0.15, 0.2) is 0 Å². The number of aromatic nitrogens is 1. The van der Waals surface area contributed by atoms with E-state index in [1.165, 1.54) is 36.3 Å². The molecular formula is C25H32N4O5S. The van der Waals surface area contributed by atoms with Gasteiger partial charge in [0.05, 0.1) is 12.1 Å². The van der Waals surface area contributed by atoms with Gasteiger partial charge in [0.25, 0.3) is 0 Å².